The fourth-order valence-corrected chi connectivity index (χ4v) is 1.37. The maximum Gasteiger partial charge on any atom is 0.140 e. The van der Waals surface area contributed by atoms with Gasteiger partial charge >= 0.3 is 0 Å². The summed E-state index contributed by atoms with van der Waals surface area (Å²) in [5, 5.41) is 0. The molecule has 0 bridgehead atoms. The van der Waals surface area contributed by atoms with Crippen molar-refractivity contribution in [3.05, 3.63) is 29.2 Å². The lowest BCUT2D eigenvalue weighted by atomic mass is 10.1. The minimum absolute atomic E-state index is 0.107. The summed E-state index contributed by atoms with van der Waals surface area (Å²) in [4.78, 5) is 0. The highest BCUT2D eigenvalue weighted by molar-refractivity contribution is 6.18. The number of methoxy groups -OCH3 is 2. The van der Waals surface area contributed by atoms with E-state index in [1.165, 1.54) is 0 Å². The molecule has 1 aliphatic carbocycles. The summed E-state index contributed by atoms with van der Waals surface area (Å²) in [6, 6.07) is 0. The number of hydrogen-bond acceptors (Lipinski definition) is 2. The molecule has 1 atom stereocenters. The summed E-state index contributed by atoms with van der Waals surface area (Å²) in [6.45, 7) is 0. The van der Waals surface area contributed by atoms with E-state index in [-0.39, 0.29) is 6.10 Å². The zero-order chi connectivity index (χ0) is 9.68. The molecule has 0 aromatic heterocycles. The fourth-order valence-electron chi connectivity index (χ4n) is 1.17. The molecule has 13 heavy (non-hydrogen) atoms. The Bertz CT molecular complexity index is 262. The topological polar surface area (TPSA) is 18.5 Å². The first-order valence-electron chi connectivity index (χ1n) is 4.12. The van der Waals surface area contributed by atoms with Crippen molar-refractivity contribution >= 4 is 11.6 Å². The monoisotopic (exact) mass is 200 g/mol. The van der Waals surface area contributed by atoms with Crippen LogP contribution >= 0.6 is 11.6 Å². The van der Waals surface area contributed by atoms with E-state index in [1.54, 1.807) is 14.2 Å². The molecule has 0 N–H and O–H groups in total. The van der Waals surface area contributed by atoms with Crippen molar-refractivity contribution in [1.82, 2.24) is 0 Å². The van der Waals surface area contributed by atoms with Gasteiger partial charge in [0.2, 0.25) is 0 Å². The van der Waals surface area contributed by atoms with Gasteiger partial charge in [-0.2, -0.15) is 0 Å². The fraction of sp³-hybridized carbons (Fsp3) is 0.500. The van der Waals surface area contributed by atoms with Gasteiger partial charge in [0, 0.05) is 13.0 Å². The summed E-state index contributed by atoms with van der Waals surface area (Å²) in [5.41, 5.74) is 4.17. The predicted octanol–water partition coefficient (Wildman–Crippen LogP) is 2.26. The van der Waals surface area contributed by atoms with Crippen LogP contribution in [0.3, 0.4) is 0 Å². The van der Waals surface area contributed by atoms with Crippen molar-refractivity contribution in [3.63, 3.8) is 0 Å². The van der Waals surface area contributed by atoms with Gasteiger partial charge in [-0.25, -0.2) is 0 Å². The second kappa shape index (κ2) is 5.13. The highest BCUT2D eigenvalue weighted by Crippen LogP contribution is 2.17. The van der Waals surface area contributed by atoms with Crippen LogP contribution in [0.5, 0.6) is 0 Å². The maximum absolute atomic E-state index is 5.62. The average Bonchev–Trinajstić information content (AvgIpc) is 2.18. The van der Waals surface area contributed by atoms with Crippen molar-refractivity contribution in [2.75, 3.05) is 20.1 Å². The largest absolute Gasteiger partial charge is 0.498 e. The first-order valence-corrected chi connectivity index (χ1v) is 4.65. The Hall–Kier alpha value is -0.690. The maximum atomic E-state index is 5.62. The van der Waals surface area contributed by atoms with Gasteiger partial charge in [0.15, 0.2) is 0 Å². The molecule has 72 valence electrons. The Morgan fingerprint density at radius 3 is 2.85 bits per heavy atom. The molecule has 0 radical (unpaired) electrons. The summed E-state index contributed by atoms with van der Waals surface area (Å²) >= 11 is 5.62. The molecule has 0 aromatic rings. The molecule has 1 aliphatic rings. The van der Waals surface area contributed by atoms with Crippen molar-refractivity contribution in [1.29, 1.82) is 0 Å². The van der Waals surface area contributed by atoms with Crippen LogP contribution in [0.25, 0.3) is 0 Å². The molecule has 0 saturated carbocycles. The number of alkyl halides is 1. The quantitative estimate of drug-likeness (QED) is 0.512. The second-order valence-corrected chi connectivity index (χ2v) is 3.06. The second-order valence-electron chi connectivity index (χ2n) is 2.68. The Morgan fingerprint density at radius 1 is 1.54 bits per heavy atom. The smallest absolute Gasteiger partial charge is 0.140 e. The molecule has 0 aliphatic heterocycles. The van der Waals surface area contributed by atoms with Crippen molar-refractivity contribution in [2.45, 2.75) is 12.5 Å². The van der Waals surface area contributed by atoms with Gasteiger partial charge in [-0.15, -0.1) is 17.3 Å². The number of halogens is 1. The van der Waals surface area contributed by atoms with Crippen LogP contribution in [0.4, 0.5) is 0 Å². The highest BCUT2D eigenvalue weighted by atomic mass is 35.5. The summed E-state index contributed by atoms with van der Waals surface area (Å²) in [5.74, 6) is 1.41. The van der Waals surface area contributed by atoms with Crippen LogP contribution < -0.4 is 0 Å². The molecule has 0 heterocycles. The van der Waals surface area contributed by atoms with E-state index in [4.69, 9.17) is 21.1 Å². The van der Waals surface area contributed by atoms with E-state index in [9.17, 15) is 0 Å². The van der Waals surface area contributed by atoms with Gasteiger partial charge in [0.05, 0.1) is 7.11 Å². The molecule has 0 saturated heterocycles. The van der Waals surface area contributed by atoms with E-state index in [2.05, 4.69) is 5.73 Å². The van der Waals surface area contributed by atoms with Crippen molar-refractivity contribution < 1.29 is 9.47 Å². The van der Waals surface area contributed by atoms with Crippen LogP contribution in [0.15, 0.2) is 29.2 Å². The highest BCUT2D eigenvalue weighted by Gasteiger charge is 2.14. The summed E-state index contributed by atoms with van der Waals surface area (Å²) in [6.07, 6.45) is 4.47. The normalized spacial score (nSPS) is 21.0. The number of ether oxygens (including phenoxy) is 2. The predicted molar refractivity (Wildman–Crippen MR) is 52.8 cm³/mol. The summed E-state index contributed by atoms with van der Waals surface area (Å²) in [7, 11) is 3.28. The van der Waals surface area contributed by atoms with E-state index in [0.29, 0.717) is 5.88 Å². The standard InChI is InChI=1S/C10H13ClO2/c1-12-9-4-3-8(5-6-11)7-10(9)13-2/h4,7,9H,5-6H2,1-2H3. The third-order valence-corrected chi connectivity index (χ3v) is 2.06. The zero-order valence-corrected chi connectivity index (χ0v) is 8.60. The number of hydrogen-bond donors (Lipinski definition) is 0. The van der Waals surface area contributed by atoms with Gasteiger partial charge in [-0.3, -0.25) is 0 Å². The lowest BCUT2D eigenvalue weighted by Crippen LogP contribution is -2.14. The zero-order valence-electron chi connectivity index (χ0n) is 7.84. The van der Waals surface area contributed by atoms with Crippen LogP contribution in [0, 0.1) is 0 Å². The molecule has 0 aromatic carbocycles. The van der Waals surface area contributed by atoms with Crippen LogP contribution in [-0.4, -0.2) is 26.2 Å². The lowest BCUT2D eigenvalue weighted by molar-refractivity contribution is 0.109. The van der Waals surface area contributed by atoms with E-state index in [0.717, 1.165) is 17.8 Å². The van der Waals surface area contributed by atoms with E-state index >= 15 is 0 Å². The van der Waals surface area contributed by atoms with Gasteiger partial charge in [0.25, 0.3) is 0 Å². The molecule has 3 heteroatoms. The Labute approximate surface area is 83.5 Å². The molecule has 0 amide bonds. The Kier molecular flexibility index (Phi) is 4.10. The Morgan fingerprint density at radius 2 is 2.31 bits per heavy atom. The molecule has 1 rings (SSSR count). The molecular weight excluding hydrogens is 188 g/mol. The van der Waals surface area contributed by atoms with Gasteiger partial charge < -0.3 is 9.47 Å². The van der Waals surface area contributed by atoms with Gasteiger partial charge in [0.1, 0.15) is 11.9 Å². The molecule has 0 fully saturated rings. The van der Waals surface area contributed by atoms with Crippen LogP contribution in [-0.2, 0) is 9.47 Å². The Balaban J connectivity index is 2.79. The minimum Gasteiger partial charge on any atom is -0.498 e. The molecule has 0 spiro atoms. The average molecular weight is 201 g/mol. The van der Waals surface area contributed by atoms with E-state index in [1.807, 2.05) is 12.2 Å². The number of allylic oxidation sites excluding steroid dienone is 1. The molecular formula is C10H13ClO2. The number of rotatable bonds is 4. The van der Waals surface area contributed by atoms with Crippen molar-refractivity contribution in [2.24, 2.45) is 0 Å². The van der Waals surface area contributed by atoms with Crippen molar-refractivity contribution in [3.8, 4) is 0 Å². The SMILES string of the molecule is COC1=CC(CCCl)=C=CC1OC. The first-order chi connectivity index (χ1) is 6.31. The first kappa shape index (κ1) is 10.4. The van der Waals surface area contributed by atoms with E-state index < -0.39 is 0 Å². The molecule has 1 unspecified atom stereocenters. The van der Waals surface area contributed by atoms with Gasteiger partial charge in [-0.1, -0.05) is 0 Å². The van der Waals surface area contributed by atoms with Gasteiger partial charge in [-0.05, 0) is 24.1 Å². The third-order valence-electron chi connectivity index (χ3n) is 1.87. The summed E-state index contributed by atoms with van der Waals surface area (Å²) < 4.78 is 10.3. The van der Waals surface area contributed by atoms with Crippen LogP contribution in [0.1, 0.15) is 6.42 Å². The lowest BCUT2D eigenvalue weighted by Gasteiger charge is -2.16. The minimum atomic E-state index is -0.107. The third kappa shape index (κ3) is 2.63. The van der Waals surface area contributed by atoms with Crippen LogP contribution in [0.2, 0.25) is 0 Å². The molecule has 2 nitrogen and oxygen atoms in total.